The van der Waals surface area contributed by atoms with Gasteiger partial charge in [-0.1, -0.05) is 5.92 Å². The van der Waals surface area contributed by atoms with Crippen LogP contribution in [0.3, 0.4) is 0 Å². The number of nitrogens with one attached hydrogen (secondary N) is 3. The van der Waals surface area contributed by atoms with Crippen LogP contribution in [-0.4, -0.2) is 107 Å². The van der Waals surface area contributed by atoms with Gasteiger partial charge in [0.2, 0.25) is 5.91 Å². The number of imidazole rings is 1. The minimum Gasteiger partial charge on any atom is -0.495 e. The fourth-order valence-corrected chi connectivity index (χ4v) is 6.60. The number of ether oxygens (including phenoxy) is 1. The number of piperidine rings is 1. The summed E-state index contributed by atoms with van der Waals surface area (Å²) < 4.78 is 49.6. The quantitative estimate of drug-likeness (QED) is 0.293. The van der Waals surface area contributed by atoms with Gasteiger partial charge in [-0.25, -0.2) is 14.4 Å². The molecule has 4 aliphatic rings. The minimum absolute atomic E-state index is 0.0549. The standard InChI is InChI=1S/C30H33F3N8O3S/c1-44-24-5-4-18-15-23(24)34-8-2-3-22-29(45-30(32)33)41-14-10-35-25(26(41)38-22)37-21-7-12-40(17-20(21)31)28(43)19-6-11-39(16-19)13-9-36-27(18)42/h4-5,10,14-15,19-21,30,34H,6-9,11-13,16-17H2,1H3,(H,35,37)(H,36,42)/t19-,20+,21?/m1/s1. The molecule has 238 valence electrons. The molecule has 2 amide bonds. The van der Waals surface area contributed by atoms with E-state index in [-0.39, 0.29) is 53.0 Å². The number of rotatable bonds is 3. The first-order valence-electron chi connectivity index (χ1n) is 14.7. The van der Waals surface area contributed by atoms with Crippen molar-refractivity contribution in [3.63, 3.8) is 0 Å². The van der Waals surface area contributed by atoms with Gasteiger partial charge in [0.15, 0.2) is 11.5 Å². The van der Waals surface area contributed by atoms with E-state index in [0.717, 1.165) is 6.54 Å². The highest BCUT2D eigenvalue weighted by atomic mass is 32.2. The molecule has 2 fully saturated rings. The summed E-state index contributed by atoms with van der Waals surface area (Å²) in [4.78, 5) is 38.8. The lowest BCUT2D eigenvalue weighted by atomic mass is 10.00. The van der Waals surface area contributed by atoms with Crippen LogP contribution in [0.5, 0.6) is 5.75 Å². The predicted octanol–water partition coefficient (Wildman–Crippen LogP) is 2.93. The predicted molar refractivity (Wildman–Crippen MR) is 164 cm³/mol. The van der Waals surface area contributed by atoms with Gasteiger partial charge >= 0.3 is 0 Å². The number of alkyl halides is 3. The summed E-state index contributed by atoms with van der Waals surface area (Å²) in [6.45, 7) is 2.68. The van der Waals surface area contributed by atoms with Crippen LogP contribution in [0.2, 0.25) is 0 Å². The monoisotopic (exact) mass is 642 g/mol. The molecule has 2 aromatic heterocycles. The van der Waals surface area contributed by atoms with Gasteiger partial charge < -0.3 is 30.5 Å². The molecular weight excluding hydrogens is 609 g/mol. The molecule has 3 N–H and O–H groups in total. The molecule has 4 atom stereocenters. The summed E-state index contributed by atoms with van der Waals surface area (Å²) in [5.74, 6) is 3.24. The molecule has 0 saturated carbocycles. The molecule has 0 aliphatic carbocycles. The number of hydrogen-bond acceptors (Lipinski definition) is 9. The van der Waals surface area contributed by atoms with Crippen molar-refractivity contribution >= 4 is 40.7 Å². The Kier molecular flexibility index (Phi) is 9.22. The molecule has 8 bridgehead atoms. The Balaban J connectivity index is 1.32. The van der Waals surface area contributed by atoms with Crippen molar-refractivity contribution in [1.82, 2.24) is 29.5 Å². The maximum atomic E-state index is 15.5. The number of thioether (sulfide) groups is 1. The van der Waals surface area contributed by atoms with Crippen LogP contribution in [0.25, 0.3) is 5.65 Å². The summed E-state index contributed by atoms with van der Waals surface area (Å²) in [6, 6.07) is 4.35. The molecule has 15 heteroatoms. The first kappa shape index (κ1) is 30.8. The number of nitrogens with zero attached hydrogens (tertiary/aromatic N) is 5. The number of carbonyl (C=O) groups excluding carboxylic acids is 2. The molecule has 0 radical (unpaired) electrons. The van der Waals surface area contributed by atoms with Gasteiger partial charge in [0, 0.05) is 44.1 Å². The zero-order chi connectivity index (χ0) is 31.5. The number of amides is 2. The fourth-order valence-electron chi connectivity index (χ4n) is 5.96. The molecule has 3 aromatic rings. The van der Waals surface area contributed by atoms with Crippen molar-refractivity contribution in [3.8, 4) is 17.6 Å². The lowest BCUT2D eigenvalue weighted by Gasteiger charge is -2.36. The zero-order valence-corrected chi connectivity index (χ0v) is 25.4. The number of methoxy groups -OCH3 is 1. The van der Waals surface area contributed by atoms with Crippen LogP contribution in [0.15, 0.2) is 35.6 Å². The van der Waals surface area contributed by atoms with E-state index in [1.807, 2.05) is 0 Å². The second-order valence-electron chi connectivity index (χ2n) is 11.1. The number of hydrogen-bond donors (Lipinski definition) is 3. The molecule has 45 heavy (non-hydrogen) atoms. The van der Waals surface area contributed by atoms with E-state index in [4.69, 9.17) is 4.74 Å². The first-order chi connectivity index (χ1) is 21.8. The summed E-state index contributed by atoms with van der Waals surface area (Å²) in [6.07, 6.45) is 2.59. The average Bonchev–Trinajstić information content (AvgIpc) is 3.64. The third-order valence-electron chi connectivity index (χ3n) is 8.25. The van der Waals surface area contributed by atoms with Gasteiger partial charge in [0.25, 0.3) is 11.7 Å². The van der Waals surface area contributed by atoms with E-state index < -0.39 is 18.0 Å². The van der Waals surface area contributed by atoms with Crippen LogP contribution in [0, 0.1) is 17.8 Å². The molecule has 7 rings (SSSR count). The van der Waals surface area contributed by atoms with Crippen LogP contribution in [0.1, 0.15) is 28.9 Å². The second-order valence-corrected chi connectivity index (χ2v) is 12.0. The van der Waals surface area contributed by atoms with Crippen LogP contribution < -0.4 is 20.7 Å². The number of carbonyl (C=O) groups is 2. The molecule has 11 nitrogen and oxygen atoms in total. The Morgan fingerprint density at radius 1 is 1.13 bits per heavy atom. The van der Waals surface area contributed by atoms with Crippen LogP contribution in [-0.2, 0) is 4.79 Å². The van der Waals surface area contributed by atoms with Crippen molar-refractivity contribution in [2.75, 3.05) is 63.6 Å². The number of aromatic nitrogens is 3. The molecular formula is C30H33F3N8O3S. The van der Waals surface area contributed by atoms with Crippen molar-refractivity contribution < 1.29 is 27.5 Å². The van der Waals surface area contributed by atoms with Gasteiger partial charge in [0.1, 0.15) is 22.6 Å². The van der Waals surface area contributed by atoms with E-state index in [0.29, 0.717) is 67.8 Å². The highest BCUT2D eigenvalue weighted by molar-refractivity contribution is 7.99. The molecule has 2 unspecified atom stereocenters. The highest BCUT2D eigenvalue weighted by Gasteiger charge is 2.37. The summed E-state index contributed by atoms with van der Waals surface area (Å²) >= 11 is 0.308. The van der Waals surface area contributed by atoms with Crippen molar-refractivity contribution in [2.24, 2.45) is 5.92 Å². The molecule has 2 saturated heterocycles. The third kappa shape index (κ3) is 6.76. The Morgan fingerprint density at radius 3 is 2.80 bits per heavy atom. The first-order valence-corrected chi connectivity index (χ1v) is 15.6. The van der Waals surface area contributed by atoms with Crippen LogP contribution >= 0.6 is 11.8 Å². The lowest BCUT2D eigenvalue weighted by molar-refractivity contribution is -0.137. The molecule has 0 spiro atoms. The zero-order valence-electron chi connectivity index (χ0n) is 24.6. The van der Waals surface area contributed by atoms with Gasteiger partial charge in [-0.3, -0.25) is 14.0 Å². The maximum Gasteiger partial charge on any atom is 0.290 e. The van der Waals surface area contributed by atoms with Gasteiger partial charge in [-0.05, 0) is 55.3 Å². The van der Waals surface area contributed by atoms with Crippen molar-refractivity contribution in [3.05, 3.63) is 41.9 Å². The Labute approximate surface area is 262 Å². The molecule has 6 heterocycles. The Morgan fingerprint density at radius 2 is 2.00 bits per heavy atom. The summed E-state index contributed by atoms with van der Waals surface area (Å²) in [5.41, 5.74) is 1.32. The van der Waals surface area contributed by atoms with Gasteiger partial charge in [-0.15, -0.1) is 0 Å². The number of benzene rings is 1. The third-order valence-corrected chi connectivity index (χ3v) is 9.04. The highest BCUT2D eigenvalue weighted by Crippen LogP contribution is 2.32. The summed E-state index contributed by atoms with van der Waals surface area (Å²) in [5, 5.41) is 9.30. The SMILES string of the molecule is COc1ccc2cc1NCC#Cc1nc3c(nccn3c1SC(F)F)NC1CCN(C[C@@H]1F)C(=O)[C@@H]1CCN(CCNC2=O)C1. The average molecular weight is 643 g/mol. The van der Waals surface area contributed by atoms with Crippen LogP contribution in [0.4, 0.5) is 24.7 Å². The van der Waals surface area contributed by atoms with Gasteiger partial charge in [0.05, 0.1) is 37.8 Å². The lowest BCUT2D eigenvalue weighted by Crippen LogP contribution is -2.51. The minimum atomic E-state index is -2.73. The van der Waals surface area contributed by atoms with E-state index in [1.54, 1.807) is 23.1 Å². The Hall–Kier alpha value is -4.16. The number of fused-ring (bicyclic) bond motifs is 7. The number of halogens is 3. The molecule has 4 aliphatic heterocycles. The van der Waals surface area contributed by atoms with Crippen molar-refractivity contribution in [2.45, 2.75) is 35.8 Å². The fraction of sp³-hybridized carbons (Fsp3) is 0.467. The van der Waals surface area contributed by atoms with Crippen molar-refractivity contribution in [1.29, 1.82) is 0 Å². The van der Waals surface area contributed by atoms with E-state index in [9.17, 15) is 18.4 Å². The van der Waals surface area contributed by atoms with Gasteiger partial charge in [-0.2, -0.15) is 8.78 Å². The topological polar surface area (TPSA) is 116 Å². The van der Waals surface area contributed by atoms with E-state index in [2.05, 4.69) is 42.7 Å². The maximum absolute atomic E-state index is 15.5. The van der Waals surface area contributed by atoms with E-state index >= 15 is 4.39 Å². The largest absolute Gasteiger partial charge is 0.495 e. The molecule has 1 aromatic carbocycles. The summed E-state index contributed by atoms with van der Waals surface area (Å²) in [7, 11) is 1.51. The smallest absolute Gasteiger partial charge is 0.290 e. The second kappa shape index (κ2) is 13.5. The number of anilines is 2. The van der Waals surface area contributed by atoms with E-state index in [1.165, 1.54) is 23.9 Å². The normalized spacial score (nSPS) is 24.1. The Bertz CT molecular complexity index is 1640.